The van der Waals surface area contributed by atoms with E-state index in [0.29, 0.717) is 0 Å². The van der Waals surface area contributed by atoms with Crippen LogP contribution in [-0.4, -0.2) is 18.0 Å². The van der Waals surface area contributed by atoms with Crippen molar-refractivity contribution >= 4 is 11.4 Å². The summed E-state index contributed by atoms with van der Waals surface area (Å²) < 4.78 is 0. The molecule has 74 valence electrons. The van der Waals surface area contributed by atoms with Gasteiger partial charge in [0, 0.05) is 30.9 Å². The van der Waals surface area contributed by atoms with Gasteiger partial charge in [-0.3, -0.25) is 10.1 Å². The summed E-state index contributed by atoms with van der Waals surface area (Å²) in [7, 11) is 0. The van der Waals surface area contributed by atoms with E-state index in [9.17, 15) is 10.1 Å². The van der Waals surface area contributed by atoms with E-state index in [1.165, 1.54) is 5.56 Å². The Morgan fingerprint density at radius 3 is 3.00 bits per heavy atom. The molecule has 4 nitrogen and oxygen atoms in total. The first kappa shape index (κ1) is 8.99. The van der Waals surface area contributed by atoms with Crippen LogP contribution in [0.4, 0.5) is 11.4 Å². The summed E-state index contributed by atoms with van der Waals surface area (Å²) in [6, 6.07) is 5.12. The summed E-state index contributed by atoms with van der Waals surface area (Å²) in [4.78, 5) is 12.4. The first-order valence-electron chi connectivity index (χ1n) is 4.74. The number of benzene rings is 1. The van der Waals surface area contributed by atoms with Gasteiger partial charge in [0.05, 0.1) is 4.92 Å². The molecule has 1 aliphatic heterocycles. The normalized spacial score (nSPS) is 14.2. The average Bonchev–Trinajstić information content (AvgIpc) is 2.59. The van der Waals surface area contributed by atoms with Crippen molar-refractivity contribution < 1.29 is 4.92 Å². The van der Waals surface area contributed by atoms with Gasteiger partial charge in [0.1, 0.15) is 0 Å². The van der Waals surface area contributed by atoms with Crippen LogP contribution in [0.15, 0.2) is 18.2 Å². The average molecular weight is 192 g/mol. The third-order valence-corrected chi connectivity index (χ3v) is 2.65. The molecular formula is C10H12N2O2. The van der Waals surface area contributed by atoms with Crippen molar-refractivity contribution in [2.75, 3.05) is 18.0 Å². The minimum Gasteiger partial charge on any atom is -0.371 e. The van der Waals surface area contributed by atoms with E-state index in [1.807, 2.05) is 6.07 Å². The second-order valence-corrected chi connectivity index (χ2v) is 3.40. The topological polar surface area (TPSA) is 46.4 Å². The number of hydrogen-bond donors (Lipinski definition) is 0. The predicted molar refractivity (Wildman–Crippen MR) is 54.7 cm³/mol. The molecule has 0 amide bonds. The molecular weight excluding hydrogens is 180 g/mol. The maximum atomic E-state index is 10.6. The molecule has 2 rings (SSSR count). The molecule has 1 aliphatic rings. The lowest BCUT2D eigenvalue weighted by Gasteiger charge is -2.15. The Hall–Kier alpha value is -1.58. The predicted octanol–water partition coefficient (Wildman–Crippen LogP) is 1.98. The molecule has 0 aliphatic carbocycles. The Morgan fingerprint density at radius 2 is 2.36 bits per heavy atom. The molecule has 4 heteroatoms. The minimum absolute atomic E-state index is 0.184. The first-order valence-corrected chi connectivity index (χ1v) is 4.74. The van der Waals surface area contributed by atoms with Gasteiger partial charge < -0.3 is 4.90 Å². The number of anilines is 1. The Kier molecular flexibility index (Phi) is 2.11. The maximum absolute atomic E-state index is 10.6. The van der Waals surface area contributed by atoms with E-state index in [2.05, 4.69) is 11.8 Å². The van der Waals surface area contributed by atoms with Crippen LogP contribution in [0.1, 0.15) is 12.5 Å². The SMILES string of the molecule is CCN1CCc2ccc([N+](=O)[O-])cc21. The first-order chi connectivity index (χ1) is 6.72. The molecule has 0 bridgehead atoms. The lowest BCUT2D eigenvalue weighted by molar-refractivity contribution is -0.384. The largest absolute Gasteiger partial charge is 0.371 e. The van der Waals surface area contributed by atoms with Crippen molar-refractivity contribution in [3.05, 3.63) is 33.9 Å². The second kappa shape index (κ2) is 3.29. The van der Waals surface area contributed by atoms with Crippen LogP contribution in [0.3, 0.4) is 0 Å². The van der Waals surface area contributed by atoms with Crippen LogP contribution in [0, 0.1) is 10.1 Å². The summed E-state index contributed by atoms with van der Waals surface area (Å²) >= 11 is 0. The molecule has 0 fully saturated rings. The fraction of sp³-hybridized carbons (Fsp3) is 0.400. The Morgan fingerprint density at radius 1 is 1.57 bits per heavy atom. The van der Waals surface area contributed by atoms with Gasteiger partial charge in [-0.25, -0.2) is 0 Å². The second-order valence-electron chi connectivity index (χ2n) is 3.40. The highest BCUT2D eigenvalue weighted by Gasteiger charge is 2.20. The quantitative estimate of drug-likeness (QED) is 0.531. The molecule has 0 atom stereocenters. The van der Waals surface area contributed by atoms with Crippen molar-refractivity contribution in [2.24, 2.45) is 0 Å². The van der Waals surface area contributed by atoms with E-state index in [4.69, 9.17) is 0 Å². The summed E-state index contributed by atoms with van der Waals surface area (Å²) in [6.07, 6.45) is 1.00. The molecule has 0 unspecified atom stereocenters. The van der Waals surface area contributed by atoms with E-state index in [1.54, 1.807) is 12.1 Å². The van der Waals surface area contributed by atoms with E-state index in [-0.39, 0.29) is 10.6 Å². The number of fused-ring (bicyclic) bond motifs is 1. The van der Waals surface area contributed by atoms with Gasteiger partial charge in [-0.15, -0.1) is 0 Å². The van der Waals surface area contributed by atoms with Crippen LogP contribution in [-0.2, 0) is 6.42 Å². The van der Waals surface area contributed by atoms with Crippen LogP contribution in [0.5, 0.6) is 0 Å². The minimum atomic E-state index is -0.341. The highest BCUT2D eigenvalue weighted by Crippen LogP contribution is 2.31. The third-order valence-electron chi connectivity index (χ3n) is 2.65. The number of rotatable bonds is 2. The summed E-state index contributed by atoms with van der Waals surface area (Å²) in [5.41, 5.74) is 2.43. The molecule has 0 N–H and O–H groups in total. The van der Waals surface area contributed by atoms with Gasteiger partial charge >= 0.3 is 0 Å². The van der Waals surface area contributed by atoms with Gasteiger partial charge in [-0.1, -0.05) is 6.07 Å². The zero-order valence-electron chi connectivity index (χ0n) is 8.06. The third kappa shape index (κ3) is 1.32. The zero-order valence-corrected chi connectivity index (χ0v) is 8.06. The van der Waals surface area contributed by atoms with Crippen LogP contribution in [0.25, 0.3) is 0 Å². The summed E-state index contributed by atoms with van der Waals surface area (Å²) in [5, 5.41) is 10.6. The van der Waals surface area contributed by atoms with Crippen molar-refractivity contribution in [3.63, 3.8) is 0 Å². The van der Waals surface area contributed by atoms with Crippen molar-refractivity contribution in [1.29, 1.82) is 0 Å². The number of nitrogens with zero attached hydrogens (tertiary/aromatic N) is 2. The molecule has 1 heterocycles. The lowest BCUT2D eigenvalue weighted by Crippen LogP contribution is -2.19. The van der Waals surface area contributed by atoms with Crippen LogP contribution >= 0.6 is 0 Å². The van der Waals surface area contributed by atoms with E-state index in [0.717, 1.165) is 25.2 Å². The molecule has 0 saturated carbocycles. The summed E-state index contributed by atoms with van der Waals surface area (Å²) in [5.74, 6) is 0. The number of nitro benzene ring substituents is 1. The Labute approximate surface area is 82.3 Å². The molecule has 0 radical (unpaired) electrons. The molecule has 0 aromatic heterocycles. The standard InChI is InChI=1S/C10H12N2O2/c1-2-11-6-5-8-3-4-9(12(13)14)7-10(8)11/h3-4,7H,2,5-6H2,1H3. The van der Waals surface area contributed by atoms with Crippen LogP contribution in [0.2, 0.25) is 0 Å². The highest BCUT2D eigenvalue weighted by molar-refractivity contribution is 5.62. The van der Waals surface area contributed by atoms with Gasteiger partial charge in [-0.05, 0) is 18.9 Å². The highest BCUT2D eigenvalue weighted by atomic mass is 16.6. The fourth-order valence-corrected chi connectivity index (χ4v) is 1.88. The van der Waals surface area contributed by atoms with Gasteiger partial charge in [-0.2, -0.15) is 0 Å². The molecule has 0 spiro atoms. The van der Waals surface area contributed by atoms with E-state index >= 15 is 0 Å². The number of non-ortho nitro benzene ring substituents is 1. The van der Waals surface area contributed by atoms with Crippen molar-refractivity contribution in [2.45, 2.75) is 13.3 Å². The van der Waals surface area contributed by atoms with Crippen molar-refractivity contribution in [1.82, 2.24) is 0 Å². The monoisotopic (exact) mass is 192 g/mol. The fourth-order valence-electron chi connectivity index (χ4n) is 1.88. The molecule has 1 aromatic carbocycles. The molecule has 14 heavy (non-hydrogen) atoms. The smallest absolute Gasteiger partial charge is 0.271 e. The zero-order chi connectivity index (χ0) is 10.1. The van der Waals surface area contributed by atoms with Crippen molar-refractivity contribution in [3.8, 4) is 0 Å². The Bertz CT molecular complexity index is 376. The van der Waals surface area contributed by atoms with Gasteiger partial charge in [0.15, 0.2) is 0 Å². The Balaban J connectivity index is 2.42. The van der Waals surface area contributed by atoms with E-state index < -0.39 is 0 Å². The summed E-state index contributed by atoms with van der Waals surface area (Å²) in [6.45, 7) is 3.95. The van der Waals surface area contributed by atoms with Gasteiger partial charge in [0.2, 0.25) is 0 Å². The number of hydrogen-bond acceptors (Lipinski definition) is 3. The molecule has 1 aromatic rings. The lowest BCUT2D eigenvalue weighted by atomic mass is 10.1. The number of likely N-dealkylation sites (N-methyl/N-ethyl adjacent to an activating group) is 1. The van der Waals surface area contributed by atoms with Crippen LogP contribution < -0.4 is 4.90 Å². The number of nitro groups is 1. The van der Waals surface area contributed by atoms with Gasteiger partial charge in [0.25, 0.3) is 5.69 Å². The maximum Gasteiger partial charge on any atom is 0.271 e. The molecule has 0 saturated heterocycles.